The van der Waals surface area contributed by atoms with Gasteiger partial charge >= 0.3 is 5.97 Å². The van der Waals surface area contributed by atoms with E-state index in [0.717, 1.165) is 12.8 Å². The lowest BCUT2D eigenvalue weighted by atomic mass is 9.95. The number of ether oxygens (including phenoxy) is 1. The normalized spacial score (nSPS) is 13.8. The van der Waals surface area contributed by atoms with Crippen LogP contribution in [-0.2, 0) is 4.79 Å². The van der Waals surface area contributed by atoms with E-state index in [2.05, 4.69) is 5.32 Å². The van der Waals surface area contributed by atoms with E-state index < -0.39 is 17.7 Å². The predicted molar refractivity (Wildman–Crippen MR) is 129 cm³/mol. The number of amides is 1. The fourth-order valence-electron chi connectivity index (χ4n) is 3.96. The average Bonchev–Trinajstić information content (AvgIpc) is 3.65. The Hall–Kier alpha value is -3.65. The first-order chi connectivity index (χ1) is 16.8. The molecule has 1 aliphatic rings. The van der Waals surface area contributed by atoms with Crippen LogP contribution in [0.5, 0.6) is 5.75 Å². The monoisotopic (exact) mass is 498 g/mol. The number of halogens is 2. The van der Waals surface area contributed by atoms with E-state index in [-0.39, 0.29) is 39.1 Å². The quantitative estimate of drug-likeness (QED) is 0.304. The Morgan fingerprint density at radius 3 is 2.51 bits per heavy atom. The van der Waals surface area contributed by atoms with Gasteiger partial charge in [0.1, 0.15) is 11.7 Å². The van der Waals surface area contributed by atoms with E-state index in [0.29, 0.717) is 29.4 Å². The number of nitrogens with one attached hydrogen (secondary N) is 1. The molecule has 2 aromatic carbocycles. The second-order valence-corrected chi connectivity index (χ2v) is 8.85. The molecule has 0 saturated heterocycles. The molecule has 1 aromatic heterocycles. The molecule has 1 heterocycles. The third-order valence-electron chi connectivity index (χ3n) is 5.93. The van der Waals surface area contributed by atoms with Gasteiger partial charge in [0.25, 0.3) is 0 Å². The molecule has 35 heavy (non-hydrogen) atoms. The van der Waals surface area contributed by atoms with Gasteiger partial charge in [-0.2, -0.15) is 4.73 Å². The van der Waals surface area contributed by atoms with Crippen molar-refractivity contribution in [2.45, 2.75) is 32.1 Å². The smallest absolute Gasteiger partial charge is 0.335 e. The molecule has 1 atom stereocenters. The number of hydrogen-bond acceptors (Lipinski definition) is 4. The molecule has 1 fully saturated rings. The van der Waals surface area contributed by atoms with Crippen molar-refractivity contribution in [3.63, 3.8) is 0 Å². The fraction of sp³-hybridized carbons (Fsp3) is 0.269. The van der Waals surface area contributed by atoms with Gasteiger partial charge in [-0.3, -0.25) is 4.79 Å². The summed E-state index contributed by atoms with van der Waals surface area (Å²) in [5.41, 5.74) is 1.13. The summed E-state index contributed by atoms with van der Waals surface area (Å²) in [5.74, 6) is -2.26. The molecule has 7 nitrogen and oxygen atoms in total. The van der Waals surface area contributed by atoms with Crippen molar-refractivity contribution < 1.29 is 28.6 Å². The van der Waals surface area contributed by atoms with E-state index in [1.54, 1.807) is 19.1 Å². The first-order valence-electron chi connectivity index (χ1n) is 11.3. The number of carbonyl (C=O) groups is 2. The van der Waals surface area contributed by atoms with Crippen LogP contribution in [0.25, 0.3) is 11.1 Å². The molecule has 1 unspecified atom stereocenters. The van der Waals surface area contributed by atoms with Crippen molar-refractivity contribution in [2.24, 2.45) is 5.92 Å². The Bertz CT molecular complexity index is 1260. The standard InChI is InChI=1S/C26H24ClFN2O5/c1-2-35-22-12-10-20(27)24(28)23(22)17-7-11-21(30(34)14-17)19(13-15-3-4-15)25(31)29-18-8-5-16(6-9-18)26(32)33/h5-12,14-15,19H,2-4,13H2,1H3,(H,29,31)(H,32,33). The molecule has 182 valence electrons. The van der Waals surface area contributed by atoms with Crippen LogP contribution in [0.3, 0.4) is 0 Å². The fourth-order valence-corrected chi connectivity index (χ4v) is 4.12. The van der Waals surface area contributed by atoms with E-state index in [4.69, 9.17) is 21.4 Å². The van der Waals surface area contributed by atoms with Crippen LogP contribution in [0.1, 0.15) is 48.2 Å². The van der Waals surface area contributed by atoms with E-state index in [1.807, 2.05) is 0 Å². The highest BCUT2D eigenvalue weighted by molar-refractivity contribution is 6.31. The van der Waals surface area contributed by atoms with Crippen LogP contribution in [0.4, 0.5) is 10.1 Å². The maximum Gasteiger partial charge on any atom is 0.335 e. The molecule has 0 aliphatic heterocycles. The summed E-state index contributed by atoms with van der Waals surface area (Å²) in [5, 5.41) is 24.8. The summed E-state index contributed by atoms with van der Waals surface area (Å²) in [7, 11) is 0. The molecular formula is C26H24ClFN2O5. The topological polar surface area (TPSA) is 103 Å². The molecule has 3 aromatic rings. The van der Waals surface area contributed by atoms with Crippen LogP contribution in [0.2, 0.25) is 5.02 Å². The van der Waals surface area contributed by atoms with Gasteiger partial charge in [-0.1, -0.05) is 24.4 Å². The first-order valence-corrected chi connectivity index (χ1v) is 11.6. The maximum atomic E-state index is 14.9. The van der Waals surface area contributed by atoms with Gasteiger partial charge in [0.15, 0.2) is 12.0 Å². The first kappa shape index (κ1) is 24.5. The molecule has 9 heteroatoms. The summed E-state index contributed by atoms with van der Waals surface area (Å²) in [6, 6.07) is 11.8. The SMILES string of the molecule is CCOc1ccc(Cl)c(F)c1-c1ccc(C(CC2CC2)C(=O)Nc2ccc(C(=O)O)cc2)[n+]([O-])c1. The Labute approximate surface area is 206 Å². The van der Waals surface area contributed by atoms with Crippen LogP contribution in [-0.4, -0.2) is 23.6 Å². The third kappa shape index (κ3) is 5.54. The molecule has 2 N–H and O–H groups in total. The summed E-state index contributed by atoms with van der Waals surface area (Å²) in [6.45, 7) is 2.07. The van der Waals surface area contributed by atoms with Gasteiger partial charge in [0.2, 0.25) is 11.6 Å². The number of carbonyl (C=O) groups excluding carboxylic acids is 1. The van der Waals surface area contributed by atoms with Crippen molar-refractivity contribution in [3.05, 3.63) is 82.0 Å². The van der Waals surface area contributed by atoms with Crippen molar-refractivity contribution in [3.8, 4) is 16.9 Å². The van der Waals surface area contributed by atoms with Gasteiger partial charge in [0, 0.05) is 11.8 Å². The van der Waals surface area contributed by atoms with E-state index in [1.165, 1.54) is 42.6 Å². The van der Waals surface area contributed by atoms with Crippen LogP contribution < -0.4 is 14.8 Å². The van der Waals surface area contributed by atoms with Crippen molar-refractivity contribution >= 4 is 29.2 Å². The minimum absolute atomic E-state index is 0.0808. The number of aromatic nitrogens is 1. The number of carboxylic acid groups (broad SMARTS) is 1. The number of rotatable bonds is 9. The zero-order valence-corrected chi connectivity index (χ0v) is 19.7. The molecule has 0 spiro atoms. The molecular weight excluding hydrogens is 475 g/mol. The zero-order valence-electron chi connectivity index (χ0n) is 19.0. The number of carboxylic acids is 1. The van der Waals surface area contributed by atoms with Gasteiger partial charge in [0.05, 0.1) is 28.3 Å². The summed E-state index contributed by atoms with van der Waals surface area (Å²) in [6.07, 6.45) is 3.69. The lowest BCUT2D eigenvalue weighted by molar-refractivity contribution is -0.614. The number of aromatic carboxylic acids is 1. The molecule has 0 radical (unpaired) electrons. The maximum absolute atomic E-state index is 14.9. The largest absolute Gasteiger partial charge is 0.618 e. The Morgan fingerprint density at radius 2 is 1.91 bits per heavy atom. The second-order valence-electron chi connectivity index (χ2n) is 8.44. The molecule has 4 rings (SSSR count). The highest BCUT2D eigenvalue weighted by atomic mass is 35.5. The Balaban J connectivity index is 1.64. The van der Waals surface area contributed by atoms with Gasteiger partial charge in [-0.05, 0) is 61.7 Å². The van der Waals surface area contributed by atoms with Crippen molar-refractivity contribution in [2.75, 3.05) is 11.9 Å². The molecule has 1 amide bonds. The molecule has 1 saturated carbocycles. The predicted octanol–water partition coefficient (Wildman–Crippen LogP) is 5.40. The molecule has 0 bridgehead atoms. The highest BCUT2D eigenvalue weighted by Gasteiger charge is 2.35. The number of nitrogens with zero attached hydrogens (tertiary/aromatic N) is 1. The van der Waals surface area contributed by atoms with Gasteiger partial charge in [-0.25, -0.2) is 9.18 Å². The van der Waals surface area contributed by atoms with Crippen LogP contribution in [0.15, 0.2) is 54.7 Å². The molecule has 1 aliphatic carbocycles. The minimum Gasteiger partial charge on any atom is -0.618 e. The van der Waals surface area contributed by atoms with Crippen LogP contribution in [0, 0.1) is 16.9 Å². The van der Waals surface area contributed by atoms with Crippen molar-refractivity contribution in [1.82, 2.24) is 0 Å². The Kier molecular flexibility index (Phi) is 7.21. The Morgan fingerprint density at radius 1 is 1.20 bits per heavy atom. The number of hydrogen-bond donors (Lipinski definition) is 2. The van der Waals surface area contributed by atoms with Crippen LogP contribution >= 0.6 is 11.6 Å². The lowest BCUT2D eigenvalue weighted by Crippen LogP contribution is -2.37. The average molecular weight is 499 g/mol. The van der Waals surface area contributed by atoms with E-state index >= 15 is 0 Å². The summed E-state index contributed by atoms with van der Waals surface area (Å²) >= 11 is 5.97. The minimum atomic E-state index is -1.06. The lowest BCUT2D eigenvalue weighted by Gasteiger charge is -2.18. The second kappa shape index (κ2) is 10.3. The summed E-state index contributed by atoms with van der Waals surface area (Å²) in [4.78, 5) is 24.2. The van der Waals surface area contributed by atoms with Gasteiger partial charge in [-0.15, -0.1) is 0 Å². The zero-order chi connectivity index (χ0) is 25.1. The van der Waals surface area contributed by atoms with E-state index in [9.17, 15) is 19.2 Å². The number of anilines is 1. The highest BCUT2D eigenvalue weighted by Crippen LogP contribution is 2.40. The number of pyridine rings is 1. The number of benzene rings is 2. The van der Waals surface area contributed by atoms with Gasteiger partial charge < -0.3 is 20.4 Å². The third-order valence-corrected chi connectivity index (χ3v) is 6.22. The summed E-state index contributed by atoms with van der Waals surface area (Å²) < 4.78 is 21.0. The van der Waals surface area contributed by atoms with Crippen molar-refractivity contribution in [1.29, 1.82) is 0 Å².